The van der Waals surface area contributed by atoms with Crippen LogP contribution in [0.5, 0.6) is 0 Å². The van der Waals surface area contributed by atoms with Crippen molar-refractivity contribution in [1.29, 1.82) is 0 Å². The molecular weight excluding hydrogens is 287 g/mol. The van der Waals surface area contributed by atoms with Crippen molar-refractivity contribution in [2.24, 2.45) is 0 Å². The summed E-state index contributed by atoms with van der Waals surface area (Å²) in [6.45, 7) is 0.416. The van der Waals surface area contributed by atoms with Crippen LogP contribution in [0.3, 0.4) is 0 Å². The van der Waals surface area contributed by atoms with Gasteiger partial charge in [0.15, 0.2) is 0 Å². The van der Waals surface area contributed by atoms with E-state index in [0.717, 1.165) is 31.2 Å². The first kappa shape index (κ1) is 13.0. The highest BCUT2D eigenvalue weighted by Gasteiger charge is 2.20. The second-order valence-electron chi connectivity index (χ2n) is 4.45. The topological polar surface area (TPSA) is 29.5 Å². The molecule has 2 nitrogen and oxygen atoms in total. The second-order valence-corrected chi connectivity index (χ2v) is 5.25. The zero-order valence-corrected chi connectivity index (χ0v) is 11.1. The average Bonchev–Trinajstić information content (AvgIpc) is 2.33. The Balaban J connectivity index is 1.87. The van der Waals surface area contributed by atoms with Crippen LogP contribution in [0.25, 0.3) is 0 Å². The van der Waals surface area contributed by atoms with Gasteiger partial charge in [-0.15, -0.1) is 0 Å². The Hall–Kier alpha value is -0.450. The largest absolute Gasteiger partial charge is 0.393 e. The summed E-state index contributed by atoms with van der Waals surface area (Å²) < 4.78 is 19.5. The number of halogens is 2. The molecule has 0 bridgehead atoms. The summed E-state index contributed by atoms with van der Waals surface area (Å²) >= 11 is 3.22. The van der Waals surface area contributed by atoms with Crippen LogP contribution in [0, 0.1) is 5.82 Å². The summed E-state index contributed by atoms with van der Waals surface area (Å²) in [5.74, 6) is -0.259. The molecule has 0 aromatic heterocycles. The smallest absolute Gasteiger partial charge is 0.137 e. The molecule has 4 heteroatoms. The van der Waals surface area contributed by atoms with Crippen molar-refractivity contribution in [3.63, 3.8) is 0 Å². The minimum absolute atomic E-state index is 0.171. The summed E-state index contributed by atoms with van der Waals surface area (Å²) in [7, 11) is 0. The zero-order valence-electron chi connectivity index (χ0n) is 9.53. The van der Waals surface area contributed by atoms with Gasteiger partial charge in [0.25, 0.3) is 0 Å². The van der Waals surface area contributed by atoms with Gasteiger partial charge in [0.1, 0.15) is 5.82 Å². The van der Waals surface area contributed by atoms with E-state index in [4.69, 9.17) is 4.74 Å². The van der Waals surface area contributed by atoms with Crippen LogP contribution < -0.4 is 0 Å². The van der Waals surface area contributed by atoms with Gasteiger partial charge in [-0.25, -0.2) is 4.39 Å². The van der Waals surface area contributed by atoms with Crippen molar-refractivity contribution >= 4 is 15.9 Å². The number of ether oxygens (including phenoxy) is 1. The van der Waals surface area contributed by atoms with Crippen LogP contribution in [0.4, 0.5) is 4.39 Å². The van der Waals surface area contributed by atoms with Gasteiger partial charge in [-0.2, -0.15) is 0 Å². The second kappa shape index (κ2) is 5.94. The first-order valence-corrected chi connectivity index (χ1v) is 6.68. The first-order chi connectivity index (χ1) is 8.16. The quantitative estimate of drug-likeness (QED) is 0.927. The lowest BCUT2D eigenvalue weighted by Gasteiger charge is -2.25. The SMILES string of the molecule is OC1CCC(OCc2cccc(F)c2Br)CC1. The van der Waals surface area contributed by atoms with E-state index in [-0.39, 0.29) is 18.0 Å². The highest BCUT2D eigenvalue weighted by Crippen LogP contribution is 2.25. The molecular formula is C13H16BrFO2. The highest BCUT2D eigenvalue weighted by molar-refractivity contribution is 9.10. The Labute approximate surface area is 109 Å². The molecule has 0 unspecified atom stereocenters. The van der Waals surface area contributed by atoms with Crippen LogP contribution in [0.1, 0.15) is 31.2 Å². The Morgan fingerprint density at radius 2 is 2.00 bits per heavy atom. The molecule has 1 aromatic carbocycles. The van der Waals surface area contributed by atoms with Crippen LogP contribution >= 0.6 is 15.9 Å². The van der Waals surface area contributed by atoms with Gasteiger partial charge >= 0.3 is 0 Å². The number of aliphatic hydroxyl groups excluding tert-OH is 1. The summed E-state index contributed by atoms with van der Waals surface area (Å²) in [6, 6.07) is 4.96. The molecule has 94 valence electrons. The predicted molar refractivity (Wildman–Crippen MR) is 67.2 cm³/mol. The molecule has 0 saturated heterocycles. The van der Waals surface area contributed by atoms with Gasteiger partial charge in [0, 0.05) is 0 Å². The van der Waals surface area contributed by atoms with Gasteiger partial charge in [-0.1, -0.05) is 12.1 Å². The standard InChI is InChI=1S/C13H16BrFO2/c14-13-9(2-1-3-12(13)15)8-17-11-6-4-10(16)5-7-11/h1-3,10-11,16H,4-8H2. The fraction of sp³-hybridized carbons (Fsp3) is 0.538. The number of hydrogen-bond acceptors (Lipinski definition) is 2. The van der Waals surface area contributed by atoms with Crippen LogP contribution in [-0.4, -0.2) is 17.3 Å². The Morgan fingerprint density at radius 3 is 2.71 bits per heavy atom. The van der Waals surface area contributed by atoms with E-state index in [2.05, 4.69) is 15.9 Å². The molecule has 0 aliphatic heterocycles. The van der Waals surface area contributed by atoms with Gasteiger partial charge in [0.05, 0.1) is 23.3 Å². The lowest BCUT2D eigenvalue weighted by Crippen LogP contribution is -2.24. The third-order valence-electron chi connectivity index (χ3n) is 3.15. The highest BCUT2D eigenvalue weighted by atomic mass is 79.9. The van der Waals surface area contributed by atoms with Gasteiger partial charge in [0.2, 0.25) is 0 Å². The maximum Gasteiger partial charge on any atom is 0.137 e. The molecule has 0 spiro atoms. The molecule has 1 aromatic rings. The molecule has 0 amide bonds. The van der Waals surface area contributed by atoms with E-state index >= 15 is 0 Å². The Morgan fingerprint density at radius 1 is 1.29 bits per heavy atom. The minimum Gasteiger partial charge on any atom is -0.393 e. The van der Waals surface area contributed by atoms with Crippen molar-refractivity contribution < 1.29 is 14.2 Å². The van der Waals surface area contributed by atoms with E-state index in [1.54, 1.807) is 6.07 Å². The molecule has 0 radical (unpaired) electrons. The van der Waals surface area contributed by atoms with Crippen molar-refractivity contribution in [1.82, 2.24) is 0 Å². The van der Waals surface area contributed by atoms with Crippen molar-refractivity contribution in [2.45, 2.75) is 44.5 Å². The van der Waals surface area contributed by atoms with Crippen LogP contribution in [0.15, 0.2) is 22.7 Å². The normalized spacial score (nSPS) is 24.9. The number of rotatable bonds is 3. The molecule has 1 fully saturated rings. The predicted octanol–water partition coefficient (Wildman–Crippen LogP) is 3.41. The third kappa shape index (κ3) is 3.50. The van der Waals surface area contributed by atoms with E-state index in [9.17, 15) is 9.50 Å². The fourth-order valence-electron chi connectivity index (χ4n) is 2.08. The molecule has 1 N–H and O–H groups in total. The van der Waals surface area contributed by atoms with E-state index in [0.29, 0.717) is 11.1 Å². The van der Waals surface area contributed by atoms with E-state index < -0.39 is 0 Å². The number of benzene rings is 1. The van der Waals surface area contributed by atoms with Crippen molar-refractivity contribution in [3.8, 4) is 0 Å². The molecule has 1 aliphatic carbocycles. The molecule has 0 atom stereocenters. The third-order valence-corrected chi connectivity index (χ3v) is 4.04. The monoisotopic (exact) mass is 302 g/mol. The number of aliphatic hydroxyl groups is 1. The molecule has 1 aliphatic rings. The van der Waals surface area contributed by atoms with Gasteiger partial charge in [-0.05, 0) is 53.2 Å². The summed E-state index contributed by atoms with van der Waals surface area (Å²) in [6.07, 6.45) is 3.39. The maximum atomic E-state index is 13.3. The Kier molecular flexibility index (Phi) is 4.54. The van der Waals surface area contributed by atoms with Gasteiger partial charge < -0.3 is 9.84 Å². The summed E-state index contributed by atoms with van der Waals surface area (Å²) in [4.78, 5) is 0. The van der Waals surface area contributed by atoms with Gasteiger partial charge in [-0.3, -0.25) is 0 Å². The molecule has 17 heavy (non-hydrogen) atoms. The molecule has 2 rings (SSSR count). The molecule has 0 heterocycles. The van der Waals surface area contributed by atoms with Crippen molar-refractivity contribution in [2.75, 3.05) is 0 Å². The Bertz CT molecular complexity index is 376. The molecule has 1 saturated carbocycles. The summed E-state index contributed by atoms with van der Waals surface area (Å²) in [5.41, 5.74) is 0.830. The van der Waals surface area contributed by atoms with E-state index in [1.807, 2.05) is 6.07 Å². The first-order valence-electron chi connectivity index (χ1n) is 5.89. The lowest BCUT2D eigenvalue weighted by atomic mass is 9.95. The van der Waals surface area contributed by atoms with Crippen LogP contribution in [-0.2, 0) is 11.3 Å². The maximum absolute atomic E-state index is 13.3. The minimum atomic E-state index is -0.259. The zero-order chi connectivity index (χ0) is 12.3. The fourth-order valence-corrected chi connectivity index (χ4v) is 2.46. The van der Waals surface area contributed by atoms with Crippen molar-refractivity contribution in [3.05, 3.63) is 34.1 Å². The summed E-state index contributed by atoms with van der Waals surface area (Å²) in [5, 5.41) is 9.38. The average molecular weight is 303 g/mol. The lowest BCUT2D eigenvalue weighted by molar-refractivity contribution is -0.0121. The number of hydrogen-bond donors (Lipinski definition) is 1. The van der Waals surface area contributed by atoms with E-state index in [1.165, 1.54) is 6.07 Å². The van der Waals surface area contributed by atoms with Crippen LogP contribution in [0.2, 0.25) is 0 Å².